The van der Waals surface area contributed by atoms with Gasteiger partial charge in [0.05, 0.1) is 11.8 Å². The van der Waals surface area contributed by atoms with Crippen molar-refractivity contribution >= 4 is 11.8 Å². The summed E-state index contributed by atoms with van der Waals surface area (Å²) in [7, 11) is 0. The van der Waals surface area contributed by atoms with E-state index in [2.05, 4.69) is 15.0 Å². The zero-order valence-electron chi connectivity index (χ0n) is 7.66. The summed E-state index contributed by atoms with van der Waals surface area (Å²) in [6, 6.07) is 5.54. The number of hydrogen-bond donors (Lipinski definition) is 0. The average Bonchev–Trinajstić information content (AvgIpc) is 2.31. The van der Waals surface area contributed by atoms with Crippen molar-refractivity contribution in [1.29, 1.82) is 5.26 Å². The van der Waals surface area contributed by atoms with Gasteiger partial charge in [-0.3, -0.25) is 4.98 Å². The molecule has 0 N–H and O–H groups in total. The Bertz CT molecular complexity index is 475. The van der Waals surface area contributed by atoms with Gasteiger partial charge in [-0.05, 0) is 23.9 Å². The molecule has 0 fully saturated rings. The first-order chi connectivity index (χ1) is 7.38. The molecular formula is C10H6N4S. The first-order valence-corrected chi connectivity index (χ1v) is 5.00. The molecule has 2 aromatic rings. The number of rotatable bonds is 2. The minimum Gasteiger partial charge on any atom is -0.260 e. The number of nitriles is 1. The van der Waals surface area contributed by atoms with E-state index in [-0.39, 0.29) is 0 Å². The highest BCUT2D eigenvalue weighted by Crippen LogP contribution is 2.22. The van der Waals surface area contributed by atoms with Crippen LogP contribution in [0.3, 0.4) is 0 Å². The van der Waals surface area contributed by atoms with Crippen molar-refractivity contribution in [2.24, 2.45) is 0 Å². The summed E-state index contributed by atoms with van der Waals surface area (Å²) in [5, 5.41) is 10.2. The molecule has 0 radical (unpaired) electrons. The molecule has 2 heterocycles. The van der Waals surface area contributed by atoms with E-state index in [1.807, 2.05) is 6.07 Å². The zero-order valence-corrected chi connectivity index (χ0v) is 8.48. The van der Waals surface area contributed by atoms with Gasteiger partial charge in [-0.25, -0.2) is 9.97 Å². The Kier molecular flexibility index (Phi) is 2.90. The third kappa shape index (κ3) is 2.51. The van der Waals surface area contributed by atoms with Gasteiger partial charge in [0, 0.05) is 18.6 Å². The van der Waals surface area contributed by atoms with E-state index in [4.69, 9.17) is 5.26 Å². The van der Waals surface area contributed by atoms with Crippen molar-refractivity contribution in [2.75, 3.05) is 0 Å². The van der Waals surface area contributed by atoms with Crippen molar-refractivity contribution in [3.8, 4) is 6.07 Å². The first-order valence-electron chi connectivity index (χ1n) is 4.18. The van der Waals surface area contributed by atoms with Gasteiger partial charge in [0.15, 0.2) is 0 Å². The second-order valence-corrected chi connectivity index (χ2v) is 3.68. The van der Waals surface area contributed by atoms with E-state index < -0.39 is 0 Å². The van der Waals surface area contributed by atoms with Gasteiger partial charge < -0.3 is 0 Å². The van der Waals surface area contributed by atoms with Gasteiger partial charge in [-0.1, -0.05) is 0 Å². The Labute approximate surface area is 91.0 Å². The average molecular weight is 214 g/mol. The highest BCUT2D eigenvalue weighted by atomic mass is 32.2. The van der Waals surface area contributed by atoms with E-state index in [1.54, 1.807) is 36.9 Å². The van der Waals surface area contributed by atoms with Crippen LogP contribution in [0.1, 0.15) is 5.56 Å². The minimum absolute atomic E-state index is 0.554. The molecule has 15 heavy (non-hydrogen) atoms. The quantitative estimate of drug-likeness (QED) is 0.764. The second-order valence-electron chi connectivity index (χ2n) is 2.64. The van der Waals surface area contributed by atoms with Gasteiger partial charge in [0.2, 0.25) is 0 Å². The van der Waals surface area contributed by atoms with Crippen molar-refractivity contribution in [3.05, 3.63) is 42.5 Å². The van der Waals surface area contributed by atoms with E-state index in [0.717, 1.165) is 10.1 Å². The Morgan fingerprint density at radius 1 is 1.07 bits per heavy atom. The maximum atomic E-state index is 8.60. The molecule has 2 aromatic heterocycles. The predicted octanol–water partition coefficient (Wildman–Crippen LogP) is 1.89. The maximum Gasteiger partial charge on any atom is 0.121 e. The van der Waals surface area contributed by atoms with Crippen LogP contribution in [0.5, 0.6) is 0 Å². The van der Waals surface area contributed by atoms with Crippen molar-refractivity contribution in [2.45, 2.75) is 10.1 Å². The molecule has 0 aliphatic rings. The maximum absolute atomic E-state index is 8.60. The molecule has 0 aromatic carbocycles. The van der Waals surface area contributed by atoms with Crippen LogP contribution in [-0.4, -0.2) is 15.0 Å². The van der Waals surface area contributed by atoms with E-state index in [1.165, 1.54) is 11.8 Å². The number of hydrogen-bond acceptors (Lipinski definition) is 5. The van der Waals surface area contributed by atoms with Crippen LogP contribution in [-0.2, 0) is 0 Å². The van der Waals surface area contributed by atoms with Crippen molar-refractivity contribution < 1.29 is 0 Å². The molecule has 0 amide bonds. The molecule has 0 saturated heterocycles. The van der Waals surface area contributed by atoms with E-state index in [0.29, 0.717) is 5.56 Å². The largest absolute Gasteiger partial charge is 0.260 e. The van der Waals surface area contributed by atoms with Crippen molar-refractivity contribution in [3.63, 3.8) is 0 Å². The molecule has 0 atom stereocenters. The molecule has 0 unspecified atom stereocenters. The fraction of sp³-hybridized carbons (Fsp3) is 0. The van der Waals surface area contributed by atoms with Crippen LogP contribution in [0.15, 0.2) is 47.0 Å². The van der Waals surface area contributed by atoms with E-state index >= 15 is 0 Å². The SMILES string of the molecule is N#Cc1ccc(Sc2cnccn2)nc1. The lowest BCUT2D eigenvalue weighted by Crippen LogP contribution is -1.84. The highest BCUT2D eigenvalue weighted by molar-refractivity contribution is 7.99. The Morgan fingerprint density at radius 2 is 2.00 bits per heavy atom. The summed E-state index contributed by atoms with van der Waals surface area (Å²) in [6.45, 7) is 0. The fourth-order valence-corrected chi connectivity index (χ4v) is 1.63. The molecule has 0 saturated carbocycles. The Balaban J connectivity index is 2.16. The molecule has 0 aliphatic carbocycles. The lowest BCUT2D eigenvalue weighted by atomic mass is 10.3. The molecular weight excluding hydrogens is 208 g/mol. The first kappa shape index (κ1) is 9.62. The van der Waals surface area contributed by atoms with E-state index in [9.17, 15) is 0 Å². The fourth-order valence-electron chi connectivity index (χ4n) is 0.952. The van der Waals surface area contributed by atoms with Crippen LogP contribution in [0, 0.1) is 11.3 Å². The van der Waals surface area contributed by atoms with Crippen molar-refractivity contribution in [1.82, 2.24) is 15.0 Å². The molecule has 0 aliphatic heterocycles. The summed E-state index contributed by atoms with van der Waals surface area (Å²) < 4.78 is 0. The minimum atomic E-state index is 0.554. The van der Waals surface area contributed by atoms with Crippen LogP contribution in [0.2, 0.25) is 0 Å². The lowest BCUT2D eigenvalue weighted by molar-refractivity contribution is 1.04. The van der Waals surface area contributed by atoms with Crippen LogP contribution in [0.4, 0.5) is 0 Å². The predicted molar refractivity (Wildman–Crippen MR) is 55.1 cm³/mol. The van der Waals surface area contributed by atoms with Crippen LogP contribution < -0.4 is 0 Å². The van der Waals surface area contributed by atoms with Crippen LogP contribution in [0.25, 0.3) is 0 Å². The molecule has 4 nitrogen and oxygen atoms in total. The number of pyridine rings is 1. The molecule has 72 valence electrons. The molecule has 0 bridgehead atoms. The normalized spacial score (nSPS) is 9.53. The van der Waals surface area contributed by atoms with Gasteiger partial charge >= 0.3 is 0 Å². The highest BCUT2D eigenvalue weighted by Gasteiger charge is 1.99. The summed E-state index contributed by atoms with van der Waals surface area (Å²) in [6.07, 6.45) is 6.46. The lowest BCUT2D eigenvalue weighted by Gasteiger charge is -1.98. The summed E-state index contributed by atoms with van der Waals surface area (Å²) in [5.41, 5.74) is 0.554. The smallest absolute Gasteiger partial charge is 0.121 e. The Morgan fingerprint density at radius 3 is 2.60 bits per heavy atom. The van der Waals surface area contributed by atoms with Gasteiger partial charge in [-0.2, -0.15) is 5.26 Å². The zero-order chi connectivity index (χ0) is 10.5. The molecule has 2 rings (SSSR count). The molecule has 0 spiro atoms. The van der Waals surface area contributed by atoms with Gasteiger partial charge in [-0.15, -0.1) is 0 Å². The third-order valence-electron chi connectivity index (χ3n) is 1.61. The second kappa shape index (κ2) is 4.53. The summed E-state index contributed by atoms with van der Waals surface area (Å²) >= 11 is 1.41. The standard InChI is InChI=1S/C10H6N4S/c11-5-8-1-2-9(14-6-8)15-10-7-12-3-4-13-10/h1-4,6-7H. The molecule has 5 heteroatoms. The van der Waals surface area contributed by atoms with Crippen LogP contribution >= 0.6 is 11.8 Å². The third-order valence-corrected chi connectivity index (χ3v) is 2.48. The van der Waals surface area contributed by atoms with Gasteiger partial charge in [0.25, 0.3) is 0 Å². The Hall–Kier alpha value is -1.93. The summed E-state index contributed by atoms with van der Waals surface area (Å²) in [5.74, 6) is 0. The number of nitrogens with zero attached hydrogens (tertiary/aromatic N) is 4. The monoisotopic (exact) mass is 214 g/mol. The van der Waals surface area contributed by atoms with Gasteiger partial charge in [0.1, 0.15) is 16.1 Å². The number of aromatic nitrogens is 3. The topological polar surface area (TPSA) is 62.5 Å². The summed E-state index contributed by atoms with van der Waals surface area (Å²) in [4.78, 5) is 12.2.